The second kappa shape index (κ2) is 6.73. The SMILES string of the molecule is N#CC1(NC(=O)COC(=O)c2n[nH]c(=O)c3ccccc23)CCCC1. The molecule has 2 aromatic rings. The molecule has 2 N–H and O–H groups in total. The number of hydrogen-bond acceptors (Lipinski definition) is 6. The maximum atomic E-state index is 12.2. The van der Waals surface area contributed by atoms with Crippen LogP contribution in [0.15, 0.2) is 29.1 Å². The summed E-state index contributed by atoms with van der Waals surface area (Å²) in [6, 6.07) is 8.62. The number of aromatic nitrogens is 2. The highest BCUT2D eigenvalue weighted by atomic mass is 16.5. The molecule has 8 heteroatoms. The third-order valence-electron chi connectivity index (χ3n) is 4.27. The largest absolute Gasteiger partial charge is 0.451 e. The predicted octanol–water partition coefficient (Wildman–Crippen LogP) is 1.03. The third kappa shape index (κ3) is 3.35. The summed E-state index contributed by atoms with van der Waals surface area (Å²) in [6.45, 7) is -0.516. The first-order chi connectivity index (χ1) is 12.0. The molecule has 0 saturated heterocycles. The number of aromatic amines is 1. The van der Waals surface area contributed by atoms with Crippen LogP contribution < -0.4 is 10.9 Å². The van der Waals surface area contributed by atoms with Crippen LogP contribution in [-0.2, 0) is 9.53 Å². The number of nitrogens with zero attached hydrogens (tertiary/aromatic N) is 2. The van der Waals surface area contributed by atoms with E-state index in [-0.39, 0.29) is 5.69 Å². The van der Waals surface area contributed by atoms with Crippen molar-refractivity contribution < 1.29 is 14.3 Å². The number of fused-ring (bicyclic) bond motifs is 1. The molecule has 0 bridgehead atoms. The van der Waals surface area contributed by atoms with Gasteiger partial charge in [0.1, 0.15) is 5.54 Å². The lowest BCUT2D eigenvalue weighted by Gasteiger charge is -2.21. The second-order valence-electron chi connectivity index (χ2n) is 5.97. The van der Waals surface area contributed by atoms with Crippen molar-refractivity contribution in [2.45, 2.75) is 31.2 Å². The van der Waals surface area contributed by atoms with Crippen LogP contribution >= 0.6 is 0 Å². The van der Waals surface area contributed by atoms with Crippen molar-refractivity contribution in [2.75, 3.05) is 6.61 Å². The zero-order chi connectivity index (χ0) is 17.9. The molecule has 1 aliphatic rings. The summed E-state index contributed by atoms with van der Waals surface area (Å²) in [5.74, 6) is -1.36. The first kappa shape index (κ1) is 16.6. The number of esters is 1. The van der Waals surface area contributed by atoms with Crippen molar-refractivity contribution in [3.05, 3.63) is 40.3 Å². The van der Waals surface area contributed by atoms with Gasteiger partial charge in [-0.1, -0.05) is 18.2 Å². The monoisotopic (exact) mass is 340 g/mol. The van der Waals surface area contributed by atoms with E-state index in [0.29, 0.717) is 23.6 Å². The van der Waals surface area contributed by atoms with Crippen molar-refractivity contribution in [3.8, 4) is 6.07 Å². The van der Waals surface area contributed by atoms with Gasteiger partial charge in [0, 0.05) is 5.39 Å². The summed E-state index contributed by atoms with van der Waals surface area (Å²) < 4.78 is 4.99. The van der Waals surface area contributed by atoms with Gasteiger partial charge in [0.2, 0.25) is 0 Å². The van der Waals surface area contributed by atoms with Gasteiger partial charge in [-0.25, -0.2) is 9.89 Å². The molecular weight excluding hydrogens is 324 g/mol. The van der Waals surface area contributed by atoms with E-state index in [2.05, 4.69) is 21.6 Å². The fourth-order valence-electron chi connectivity index (χ4n) is 3.02. The smallest absolute Gasteiger partial charge is 0.359 e. The number of rotatable bonds is 4. The Morgan fingerprint density at radius 2 is 1.96 bits per heavy atom. The number of nitrogens with one attached hydrogen (secondary N) is 2. The minimum absolute atomic E-state index is 0.0705. The van der Waals surface area contributed by atoms with Crippen molar-refractivity contribution in [3.63, 3.8) is 0 Å². The lowest BCUT2D eigenvalue weighted by molar-refractivity contribution is -0.125. The first-order valence-electron chi connectivity index (χ1n) is 7.91. The minimum Gasteiger partial charge on any atom is -0.451 e. The molecule has 1 heterocycles. The number of nitriles is 1. The highest BCUT2D eigenvalue weighted by molar-refractivity contribution is 6.02. The van der Waals surface area contributed by atoms with Crippen LogP contribution in [0.5, 0.6) is 0 Å². The zero-order valence-corrected chi connectivity index (χ0v) is 13.4. The van der Waals surface area contributed by atoms with Gasteiger partial charge in [-0.05, 0) is 31.7 Å². The second-order valence-corrected chi connectivity index (χ2v) is 5.97. The van der Waals surface area contributed by atoms with E-state index in [9.17, 15) is 19.6 Å². The standard InChI is InChI=1S/C17H16N4O4/c18-10-17(7-3-4-8-17)19-13(22)9-25-16(24)14-11-5-1-2-6-12(11)15(23)21-20-14/h1-2,5-6H,3-4,7-9H2,(H,19,22)(H,21,23). The summed E-state index contributed by atoms with van der Waals surface area (Å²) in [5, 5.41) is 18.5. The molecule has 1 aromatic heterocycles. The number of amides is 1. The molecule has 0 radical (unpaired) electrons. The van der Waals surface area contributed by atoms with E-state index in [1.165, 1.54) is 0 Å². The summed E-state index contributed by atoms with van der Waals surface area (Å²) >= 11 is 0. The van der Waals surface area contributed by atoms with Crippen molar-refractivity contribution in [2.24, 2.45) is 0 Å². The van der Waals surface area contributed by atoms with Gasteiger partial charge < -0.3 is 10.1 Å². The Bertz CT molecular complexity index is 922. The number of benzene rings is 1. The summed E-state index contributed by atoms with van der Waals surface area (Å²) in [7, 11) is 0. The third-order valence-corrected chi connectivity index (χ3v) is 4.27. The molecule has 1 saturated carbocycles. The average Bonchev–Trinajstić information content (AvgIpc) is 3.09. The molecule has 0 atom stereocenters. The highest BCUT2D eigenvalue weighted by Crippen LogP contribution is 2.28. The average molecular weight is 340 g/mol. The van der Waals surface area contributed by atoms with Gasteiger partial charge in [0.15, 0.2) is 12.3 Å². The minimum atomic E-state index is -0.869. The van der Waals surface area contributed by atoms with E-state index in [0.717, 1.165) is 12.8 Å². The van der Waals surface area contributed by atoms with Crippen LogP contribution in [0, 0.1) is 11.3 Å². The topological polar surface area (TPSA) is 125 Å². The number of hydrogen-bond donors (Lipinski definition) is 2. The van der Waals surface area contributed by atoms with E-state index in [4.69, 9.17) is 4.74 Å². The van der Waals surface area contributed by atoms with Gasteiger partial charge in [0.05, 0.1) is 11.5 Å². The Morgan fingerprint density at radius 1 is 1.28 bits per heavy atom. The molecule has 1 fully saturated rings. The fourth-order valence-corrected chi connectivity index (χ4v) is 3.02. The van der Waals surface area contributed by atoms with E-state index in [1.54, 1.807) is 24.3 Å². The molecule has 3 rings (SSSR count). The lowest BCUT2D eigenvalue weighted by atomic mass is 10.00. The van der Waals surface area contributed by atoms with Crippen LogP contribution in [0.4, 0.5) is 0 Å². The quantitative estimate of drug-likeness (QED) is 0.801. The molecule has 0 aliphatic heterocycles. The van der Waals surface area contributed by atoms with Crippen molar-refractivity contribution in [1.29, 1.82) is 5.26 Å². The molecular formula is C17H16N4O4. The number of carbonyl (C=O) groups excluding carboxylic acids is 2. The molecule has 128 valence electrons. The first-order valence-corrected chi connectivity index (χ1v) is 7.91. The molecule has 0 unspecified atom stereocenters. The van der Waals surface area contributed by atoms with Crippen LogP contribution in [0.2, 0.25) is 0 Å². The van der Waals surface area contributed by atoms with E-state index < -0.39 is 29.6 Å². The lowest BCUT2D eigenvalue weighted by Crippen LogP contribution is -2.46. The van der Waals surface area contributed by atoms with Crippen LogP contribution in [0.25, 0.3) is 10.8 Å². The molecule has 25 heavy (non-hydrogen) atoms. The van der Waals surface area contributed by atoms with Crippen LogP contribution in [0.3, 0.4) is 0 Å². The number of ether oxygens (including phenoxy) is 1. The number of H-pyrrole nitrogens is 1. The van der Waals surface area contributed by atoms with Gasteiger partial charge >= 0.3 is 5.97 Å². The molecule has 8 nitrogen and oxygen atoms in total. The van der Waals surface area contributed by atoms with Gasteiger partial charge in [-0.3, -0.25) is 9.59 Å². The van der Waals surface area contributed by atoms with E-state index in [1.807, 2.05) is 0 Å². The maximum Gasteiger partial charge on any atom is 0.359 e. The van der Waals surface area contributed by atoms with Gasteiger partial charge in [-0.15, -0.1) is 0 Å². The Hall–Kier alpha value is -3.21. The normalized spacial score (nSPS) is 15.5. The highest BCUT2D eigenvalue weighted by Gasteiger charge is 2.35. The van der Waals surface area contributed by atoms with Crippen molar-refractivity contribution >= 4 is 22.6 Å². The Labute approximate surface area is 142 Å². The maximum absolute atomic E-state index is 12.2. The van der Waals surface area contributed by atoms with Crippen LogP contribution in [0.1, 0.15) is 36.2 Å². The Kier molecular flexibility index (Phi) is 4.48. The van der Waals surface area contributed by atoms with Gasteiger partial charge in [-0.2, -0.15) is 10.4 Å². The van der Waals surface area contributed by atoms with E-state index >= 15 is 0 Å². The number of carbonyl (C=O) groups is 2. The molecule has 1 aromatic carbocycles. The van der Waals surface area contributed by atoms with Crippen LogP contribution in [-0.4, -0.2) is 34.2 Å². The Balaban J connectivity index is 1.69. The summed E-state index contributed by atoms with van der Waals surface area (Å²) in [4.78, 5) is 35.9. The van der Waals surface area contributed by atoms with Gasteiger partial charge in [0.25, 0.3) is 11.5 Å². The summed E-state index contributed by atoms with van der Waals surface area (Å²) in [6.07, 6.45) is 2.94. The Morgan fingerprint density at radius 3 is 2.64 bits per heavy atom. The zero-order valence-electron chi connectivity index (χ0n) is 13.4. The fraction of sp³-hybridized carbons (Fsp3) is 0.353. The molecule has 1 amide bonds. The predicted molar refractivity (Wildman–Crippen MR) is 87.6 cm³/mol. The molecule has 1 aliphatic carbocycles. The summed E-state index contributed by atoms with van der Waals surface area (Å²) in [5.41, 5.74) is -1.35. The molecule has 0 spiro atoms. The van der Waals surface area contributed by atoms with Crippen molar-refractivity contribution in [1.82, 2.24) is 15.5 Å².